The van der Waals surface area contributed by atoms with Gasteiger partial charge in [-0.15, -0.1) is 0 Å². The minimum Gasteiger partial charge on any atom is -0.488 e. The Balaban J connectivity index is 0.00000109. The van der Waals surface area contributed by atoms with Gasteiger partial charge in [0.1, 0.15) is 36.1 Å². The number of rotatable bonds is 2. The van der Waals surface area contributed by atoms with Crippen molar-refractivity contribution in [1.82, 2.24) is 19.9 Å². The maximum atomic E-state index is 6.16. The fourth-order valence-corrected chi connectivity index (χ4v) is 4.27. The molecule has 6 nitrogen and oxygen atoms in total. The Morgan fingerprint density at radius 1 is 0.857 bits per heavy atom. The Morgan fingerprint density at radius 3 is 1.93 bits per heavy atom. The zero-order valence-corrected chi connectivity index (χ0v) is 16.3. The molecule has 2 N–H and O–H groups in total. The summed E-state index contributed by atoms with van der Waals surface area (Å²) >= 11 is 0. The Bertz CT molecular complexity index is 1120. The zero-order valence-electron chi connectivity index (χ0n) is 15.2. The van der Waals surface area contributed by atoms with Crippen LogP contribution in [0.15, 0.2) is 36.7 Å². The van der Waals surface area contributed by atoms with Crippen molar-refractivity contribution in [3.05, 3.63) is 53.6 Å². The Hall–Kier alpha value is -3.11. The van der Waals surface area contributed by atoms with Crippen LogP contribution in [-0.2, 0) is 13.2 Å². The van der Waals surface area contributed by atoms with Crippen molar-refractivity contribution in [1.29, 1.82) is 0 Å². The molecule has 4 aromatic rings. The third-order valence-electron chi connectivity index (χ3n) is 5.30. The van der Waals surface area contributed by atoms with E-state index in [4.69, 9.17) is 9.47 Å². The van der Waals surface area contributed by atoms with Crippen molar-refractivity contribution in [3.63, 3.8) is 0 Å². The van der Waals surface area contributed by atoms with Gasteiger partial charge in [-0.3, -0.25) is 0 Å². The van der Waals surface area contributed by atoms with Crippen molar-refractivity contribution < 1.29 is 12.3 Å². The van der Waals surface area contributed by atoms with E-state index in [1.807, 2.05) is 19.3 Å². The van der Waals surface area contributed by atoms with Gasteiger partial charge in [0.05, 0.1) is 23.8 Å². The molecule has 1 atom stereocenters. The summed E-state index contributed by atoms with van der Waals surface area (Å²) in [5.41, 5.74) is 9.43. The van der Waals surface area contributed by atoms with Gasteiger partial charge in [-0.2, -0.15) is 0 Å². The van der Waals surface area contributed by atoms with Gasteiger partial charge in [0.15, 0.2) is 0 Å². The highest BCUT2D eigenvalue weighted by Gasteiger charge is 2.30. The van der Waals surface area contributed by atoms with Crippen LogP contribution in [0.5, 0.6) is 11.5 Å². The number of aromatic amines is 2. The molecule has 0 spiro atoms. The molecular weight excluding hydrogens is 371 g/mol. The third-order valence-corrected chi connectivity index (χ3v) is 5.60. The number of hydrogen-bond donors (Lipinski definition) is 2. The van der Waals surface area contributed by atoms with Gasteiger partial charge in [-0.05, 0) is 31.2 Å². The lowest BCUT2D eigenvalue weighted by Crippen LogP contribution is -2.15. The molecule has 6 rings (SSSR count). The number of H-pyrrole nitrogens is 2. The molecule has 142 valence electrons. The molecule has 2 aliphatic heterocycles. The van der Waals surface area contributed by atoms with Crippen molar-refractivity contribution in [3.8, 4) is 45.1 Å². The molecule has 7 heteroatoms. The maximum Gasteiger partial charge on any atom is 0.128 e. The molecule has 0 radical (unpaired) electrons. The van der Waals surface area contributed by atoms with Crippen LogP contribution in [-0.4, -0.2) is 19.9 Å². The minimum atomic E-state index is 0. The van der Waals surface area contributed by atoms with E-state index in [1.165, 1.54) is 0 Å². The van der Waals surface area contributed by atoms with E-state index in [9.17, 15) is 0 Å². The van der Waals surface area contributed by atoms with Crippen LogP contribution < -0.4 is 15.0 Å². The molecule has 0 aliphatic carbocycles. The number of benzene rings is 2. The summed E-state index contributed by atoms with van der Waals surface area (Å²) in [5.74, 6) is 2.69. The summed E-state index contributed by atoms with van der Waals surface area (Å²) in [4.78, 5) is 15.1. The number of nitrogens with one attached hydrogen (secondary N) is 2. The van der Waals surface area contributed by atoms with Crippen LogP contribution in [0.2, 0.25) is 0 Å². The average Bonchev–Trinajstić information content (AvgIpc) is 3.34. The Kier molecular flexibility index (Phi) is 3.23. The standard InChI is InChI=1S/C21H17N4O2P.2H2/c1-10-22-6-15(24-10)11-2-13-8-27-18-5-12(16-7-23-21(28)25-16)3-14-9-26-17(4-11)19(13)20(14)18;;/h2-7H,8-9,28H2,1H3,(H,22,24)(H,23,25);2*1H. The topological polar surface area (TPSA) is 75.8 Å². The molecular formula is C21H21N4O2P. The predicted molar refractivity (Wildman–Crippen MR) is 114 cm³/mol. The van der Waals surface area contributed by atoms with Crippen molar-refractivity contribution in [2.45, 2.75) is 20.1 Å². The summed E-state index contributed by atoms with van der Waals surface area (Å²) < 4.78 is 12.3. The molecule has 1 unspecified atom stereocenters. The lowest BCUT2D eigenvalue weighted by atomic mass is 9.87. The van der Waals surface area contributed by atoms with Gasteiger partial charge in [-0.25, -0.2) is 9.97 Å². The first-order chi connectivity index (χ1) is 13.7. The highest BCUT2D eigenvalue weighted by Crippen LogP contribution is 2.50. The third kappa shape index (κ3) is 2.31. The fourth-order valence-electron chi connectivity index (χ4n) is 4.04. The van der Waals surface area contributed by atoms with E-state index >= 15 is 0 Å². The van der Waals surface area contributed by atoms with Gasteiger partial charge in [-0.1, -0.05) is 9.24 Å². The summed E-state index contributed by atoms with van der Waals surface area (Å²) in [6.07, 6.45) is 3.69. The van der Waals surface area contributed by atoms with Crippen LogP contribution in [0.25, 0.3) is 33.6 Å². The number of imidazole rings is 2. The average molecular weight is 392 g/mol. The second-order valence-electron chi connectivity index (χ2n) is 7.16. The zero-order chi connectivity index (χ0) is 18.8. The smallest absolute Gasteiger partial charge is 0.128 e. The van der Waals surface area contributed by atoms with Gasteiger partial charge >= 0.3 is 0 Å². The van der Waals surface area contributed by atoms with E-state index in [1.54, 1.807) is 0 Å². The number of hydrogen-bond acceptors (Lipinski definition) is 4. The number of nitrogens with zero attached hydrogens (tertiary/aromatic N) is 2. The molecule has 2 aromatic heterocycles. The van der Waals surface area contributed by atoms with Gasteiger partial charge in [0.2, 0.25) is 0 Å². The van der Waals surface area contributed by atoms with Crippen LogP contribution in [0, 0.1) is 6.92 Å². The van der Waals surface area contributed by atoms with E-state index in [0.717, 1.165) is 67.7 Å². The lowest BCUT2D eigenvalue weighted by Gasteiger charge is -2.30. The van der Waals surface area contributed by atoms with E-state index in [-0.39, 0.29) is 2.85 Å². The van der Waals surface area contributed by atoms with Crippen LogP contribution in [0.3, 0.4) is 0 Å². The summed E-state index contributed by atoms with van der Waals surface area (Å²) in [6.45, 7) is 2.98. The first kappa shape index (κ1) is 15.9. The van der Waals surface area contributed by atoms with Gasteiger partial charge in [0, 0.05) is 36.2 Å². The molecule has 2 aliphatic rings. The SMILES string of the molecule is Cc1ncc(-c2cc3c4c(c2)OCc2cc(-c5cnc(P)[nH]5)cc(c2-4)OC3)[nH]1.[HH].[HH]. The summed E-state index contributed by atoms with van der Waals surface area (Å²) in [7, 11) is 2.58. The normalized spacial score (nSPS) is 13.6. The van der Waals surface area contributed by atoms with Crippen LogP contribution >= 0.6 is 9.24 Å². The second-order valence-corrected chi connectivity index (χ2v) is 7.71. The monoisotopic (exact) mass is 392 g/mol. The molecule has 0 saturated heterocycles. The number of ether oxygens (including phenoxy) is 2. The highest BCUT2D eigenvalue weighted by molar-refractivity contribution is 7.26. The number of aryl methyl sites for hydroxylation is 1. The van der Waals surface area contributed by atoms with Crippen molar-refractivity contribution >= 4 is 14.8 Å². The molecule has 0 amide bonds. The molecule has 28 heavy (non-hydrogen) atoms. The molecule has 0 bridgehead atoms. The highest BCUT2D eigenvalue weighted by atomic mass is 31.0. The predicted octanol–water partition coefficient (Wildman–Crippen LogP) is 4.22. The van der Waals surface area contributed by atoms with Crippen molar-refractivity contribution in [2.24, 2.45) is 0 Å². The van der Waals surface area contributed by atoms with Gasteiger partial charge < -0.3 is 19.4 Å². The minimum absolute atomic E-state index is 0. The maximum absolute atomic E-state index is 6.16. The van der Waals surface area contributed by atoms with Crippen molar-refractivity contribution in [2.75, 3.05) is 0 Å². The summed E-state index contributed by atoms with van der Waals surface area (Å²) in [5, 5.41) is 0. The van der Waals surface area contributed by atoms with E-state index in [2.05, 4.69) is 53.4 Å². The van der Waals surface area contributed by atoms with E-state index < -0.39 is 0 Å². The Labute approximate surface area is 166 Å². The molecule has 0 fully saturated rings. The fraction of sp³-hybridized carbons (Fsp3) is 0.143. The lowest BCUT2D eigenvalue weighted by molar-refractivity contribution is 0.278. The molecule has 4 heterocycles. The molecule has 0 saturated carbocycles. The quantitative estimate of drug-likeness (QED) is 0.501. The second kappa shape index (κ2) is 5.69. The van der Waals surface area contributed by atoms with Gasteiger partial charge in [0.25, 0.3) is 0 Å². The van der Waals surface area contributed by atoms with Crippen LogP contribution in [0.1, 0.15) is 19.8 Å². The number of aromatic nitrogens is 4. The first-order valence-electron chi connectivity index (χ1n) is 9.08. The van der Waals surface area contributed by atoms with E-state index in [0.29, 0.717) is 13.2 Å². The molecule has 2 aromatic carbocycles. The largest absolute Gasteiger partial charge is 0.488 e. The summed E-state index contributed by atoms with van der Waals surface area (Å²) in [6, 6.07) is 8.49. The Morgan fingerprint density at radius 2 is 1.43 bits per heavy atom. The first-order valence-corrected chi connectivity index (χ1v) is 9.66. The van der Waals surface area contributed by atoms with Crippen LogP contribution in [0.4, 0.5) is 0 Å².